The van der Waals surface area contributed by atoms with Crippen molar-refractivity contribution in [2.75, 3.05) is 6.54 Å². The highest BCUT2D eigenvalue weighted by Gasteiger charge is 2.43. The van der Waals surface area contributed by atoms with Crippen molar-refractivity contribution in [3.05, 3.63) is 69.1 Å². The molecule has 2 aromatic heterocycles. The molecule has 1 amide bonds. The van der Waals surface area contributed by atoms with Gasteiger partial charge in [0.1, 0.15) is 12.2 Å². The van der Waals surface area contributed by atoms with Crippen LogP contribution < -0.4 is 16.6 Å². The maximum Gasteiger partial charge on any atom is 0.330 e. The van der Waals surface area contributed by atoms with Crippen LogP contribution in [-0.2, 0) is 16.0 Å². The molecule has 4 atom stereocenters. The fraction of sp³-hybridized carbons (Fsp3) is 0.381. The molecule has 1 fully saturated rings. The number of H-pyrrole nitrogens is 2. The molecular weight excluding hydrogens is 404 g/mol. The Morgan fingerprint density at radius 1 is 1.16 bits per heavy atom. The topological polar surface area (TPSA) is 149 Å². The Hall–Kier alpha value is -3.21. The molecule has 3 heterocycles. The number of nitrogens with one attached hydrogen (secondary N) is 3. The minimum absolute atomic E-state index is 0.0928. The van der Waals surface area contributed by atoms with E-state index in [1.54, 1.807) is 0 Å². The number of benzene rings is 1. The molecule has 0 aliphatic carbocycles. The first-order valence-electron chi connectivity index (χ1n) is 10.1. The maximum atomic E-state index is 12.2. The van der Waals surface area contributed by atoms with Gasteiger partial charge < -0.3 is 25.3 Å². The monoisotopic (exact) mass is 428 g/mol. The largest absolute Gasteiger partial charge is 0.388 e. The molecule has 164 valence electrons. The number of nitrogens with zero attached hydrogens (tertiary/aromatic N) is 1. The van der Waals surface area contributed by atoms with Crippen molar-refractivity contribution in [2.45, 2.75) is 43.8 Å². The lowest BCUT2D eigenvalue weighted by Crippen LogP contribution is -2.37. The highest BCUT2D eigenvalue weighted by Crippen LogP contribution is 2.30. The van der Waals surface area contributed by atoms with Crippen molar-refractivity contribution in [3.8, 4) is 0 Å². The van der Waals surface area contributed by atoms with Gasteiger partial charge in [0.15, 0.2) is 6.23 Å². The lowest BCUT2D eigenvalue weighted by Gasteiger charge is -2.16. The van der Waals surface area contributed by atoms with Crippen LogP contribution in [0.15, 0.2) is 52.3 Å². The number of aliphatic hydroxyl groups excluding tert-OH is 2. The first-order valence-corrected chi connectivity index (χ1v) is 10.1. The molecule has 5 N–H and O–H groups in total. The van der Waals surface area contributed by atoms with E-state index >= 15 is 0 Å². The van der Waals surface area contributed by atoms with E-state index in [-0.39, 0.29) is 18.7 Å². The molecule has 0 saturated carbocycles. The number of aliphatic hydroxyl groups is 2. The molecule has 1 aliphatic heterocycles. The second-order valence-electron chi connectivity index (χ2n) is 7.56. The van der Waals surface area contributed by atoms with Crippen LogP contribution in [0.1, 0.15) is 24.6 Å². The molecular formula is C21H24N4O6. The summed E-state index contributed by atoms with van der Waals surface area (Å²) in [6.45, 7) is 0.465. The SMILES string of the molecule is O=C(CC[C@H]1O[C@@H](n2ccc(=O)[nH]c2=O)[C@H](O)[C@@H]1O)NCCc1c[nH]c2ccccc12. The van der Waals surface area contributed by atoms with Crippen LogP contribution in [0.25, 0.3) is 10.9 Å². The van der Waals surface area contributed by atoms with Crippen molar-refractivity contribution in [1.82, 2.24) is 19.9 Å². The van der Waals surface area contributed by atoms with E-state index in [0.717, 1.165) is 27.1 Å². The van der Waals surface area contributed by atoms with Crippen LogP contribution in [0.4, 0.5) is 0 Å². The van der Waals surface area contributed by atoms with Gasteiger partial charge in [-0.15, -0.1) is 0 Å². The Bertz CT molecular complexity index is 1180. The second-order valence-corrected chi connectivity index (χ2v) is 7.56. The van der Waals surface area contributed by atoms with Gasteiger partial charge in [-0.25, -0.2) is 4.79 Å². The predicted molar refractivity (Wildman–Crippen MR) is 111 cm³/mol. The quantitative estimate of drug-likeness (QED) is 0.351. The number of aromatic nitrogens is 3. The van der Waals surface area contributed by atoms with Crippen LogP contribution >= 0.6 is 0 Å². The molecule has 10 heteroatoms. The summed E-state index contributed by atoms with van der Waals surface area (Å²) in [5, 5.41) is 24.5. The van der Waals surface area contributed by atoms with Gasteiger partial charge in [0.2, 0.25) is 5.91 Å². The summed E-state index contributed by atoms with van der Waals surface area (Å²) < 4.78 is 6.62. The first kappa shape index (κ1) is 21.0. The zero-order chi connectivity index (χ0) is 22.0. The molecule has 4 rings (SSSR count). The van der Waals surface area contributed by atoms with Crippen LogP contribution in [0.5, 0.6) is 0 Å². The van der Waals surface area contributed by atoms with Gasteiger partial charge >= 0.3 is 5.69 Å². The molecule has 31 heavy (non-hydrogen) atoms. The lowest BCUT2D eigenvalue weighted by atomic mass is 10.1. The Morgan fingerprint density at radius 2 is 1.97 bits per heavy atom. The number of aromatic amines is 2. The number of carbonyl (C=O) groups is 1. The lowest BCUT2D eigenvalue weighted by molar-refractivity contribution is -0.122. The van der Waals surface area contributed by atoms with Crippen molar-refractivity contribution in [2.24, 2.45) is 0 Å². The minimum Gasteiger partial charge on any atom is -0.388 e. The fourth-order valence-electron chi connectivity index (χ4n) is 3.86. The summed E-state index contributed by atoms with van der Waals surface area (Å²) in [4.78, 5) is 40.6. The third-order valence-electron chi connectivity index (χ3n) is 5.51. The third-order valence-corrected chi connectivity index (χ3v) is 5.51. The van der Waals surface area contributed by atoms with E-state index in [0.29, 0.717) is 13.0 Å². The zero-order valence-electron chi connectivity index (χ0n) is 16.7. The van der Waals surface area contributed by atoms with Gasteiger partial charge in [-0.3, -0.25) is 19.1 Å². The first-order chi connectivity index (χ1) is 14.9. The van der Waals surface area contributed by atoms with Gasteiger partial charge in [0, 0.05) is 42.3 Å². The molecule has 3 aromatic rings. The van der Waals surface area contributed by atoms with Crippen LogP contribution in [-0.4, -0.2) is 55.5 Å². The Kier molecular flexibility index (Phi) is 6.03. The Balaban J connectivity index is 1.28. The van der Waals surface area contributed by atoms with E-state index in [9.17, 15) is 24.6 Å². The summed E-state index contributed by atoms with van der Waals surface area (Å²) in [5.41, 5.74) is 0.836. The zero-order valence-corrected chi connectivity index (χ0v) is 16.7. The number of fused-ring (bicyclic) bond motifs is 1. The summed E-state index contributed by atoms with van der Waals surface area (Å²) in [6.07, 6.45) is -0.523. The van der Waals surface area contributed by atoms with Gasteiger partial charge in [0.05, 0.1) is 6.10 Å². The van der Waals surface area contributed by atoms with Crippen molar-refractivity contribution < 1.29 is 19.7 Å². The number of rotatable bonds is 7. The smallest absolute Gasteiger partial charge is 0.330 e. The average molecular weight is 428 g/mol. The highest BCUT2D eigenvalue weighted by atomic mass is 16.6. The summed E-state index contributed by atoms with van der Waals surface area (Å²) in [5.74, 6) is -0.199. The molecule has 0 unspecified atom stereocenters. The molecule has 0 spiro atoms. The molecule has 1 aliphatic rings. The van der Waals surface area contributed by atoms with Crippen LogP contribution in [0, 0.1) is 0 Å². The summed E-state index contributed by atoms with van der Waals surface area (Å²) >= 11 is 0. The molecule has 0 bridgehead atoms. The second kappa shape index (κ2) is 8.88. The fourth-order valence-corrected chi connectivity index (χ4v) is 3.86. The normalized spacial score (nSPS) is 23.3. The summed E-state index contributed by atoms with van der Waals surface area (Å²) in [6, 6.07) is 9.07. The van der Waals surface area contributed by atoms with E-state index in [1.165, 1.54) is 6.20 Å². The van der Waals surface area contributed by atoms with E-state index < -0.39 is 35.8 Å². The number of hydrogen-bond acceptors (Lipinski definition) is 6. The minimum atomic E-state index is -1.36. The van der Waals surface area contributed by atoms with Crippen molar-refractivity contribution >= 4 is 16.8 Å². The molecule has 10 nitrogen and oxygen atoms in total. The molecule has 0 radical (unpaired) electrons. The Labute approximate surface area is 176 Å². The molecule has 1 saturated heterocycles. The third kappa shape index (κ3) is 4.46. The maximum absolute atomic E-state index is 12.2. The number of para-hydroxylation sites is 1. The van der Waals surface area contributed by atoms with Crippen LogP contribution in [0.3, 0.4) is 0 Å². The van der Waals surface area contributed by atoms with Gasteiger partial charge in [-0.2, -0.15) is 0 Å². The predicted octanol–water partition coefficient (Wildman–Crippen LogP) is -0.224. The number of hydrogen-bond donors (Lipinski definition) is 5. The standard InChI is InChI=1S/C21H24N4O6/c26-16(22-9-7-12-11-23-14-4-2-1-3-13(12)14)6-5-15-18(28)19(29)20(31-15)25-10-8-17(27)24-21(25)30/h1-4,8,10-11,15,18-20,23,28-29H,5-7,9H2,(H,22,26)(H,24,27,30)/t15-,18-,19-,20-/m1/s1. The molecule has 1 aromatic carbocycles. The van der Waals surface area contributed by atoms with E-state index in [4.69, 9.17) is 4.74 Å². The van der Waals surface area contributed by atoms with Crippen LogP contribution in [0.2, 0.25) is 0 Å². The van der Waals surface area contributed by atoms with E-state index in [2.05, 4.69) is 15.3 Å². The number of ether oxygens (including phenoxy) is 1. The Morgan fingerprint density at radius 3 is 2.77 bits per heavy atom. The highest BCUT2D eigenvalue weighted by molar-refractivity contribution is 5.83. The average Bonchev–Trinajstić information content (AvgIpc) is 3.28. The van der Waals surface area contributed by atoms with Gasteiger partial charge in [-0.1, -0.05) is 18.2 Å². The van der Waals surface area contributed by atoms with Crippen molar-refractivity contribution in [1.29, 1.82) is 0 Å². The number of amides is 1. The van der Waals surface area contributed by atoms with Gasteiger partial charge in [0.25, 0.3) is 5.56 Å². The van der Waals surface area contributed by atoms with E-state index in [1.807, 2.05) is 30.5 Å². The van der Waals surface area contributed by atoms with Crippen molar-refractivity contribution in [3.63, 3.8) is 0 Å². The number of carbonyl (C=O) groups excluding carboxylic acids is 1. The summed E-state index contributed by atoms with van der Waals surface area (Å²) in [7, 11) is 0. The van der Waals surface area contributed by atoms with Gasteiger partial charge in [-0.05, 0) is 24.5 Å².